The van der Waals surface area contributed by atoms with E-state index in [9.17, 15) is 0 Å². The Hall–Kier alpha value is 0.673. The van der Waals surface area contributed by atoms with E-state index in [0.717, 1.165) is 12.8 Å². The van der Waals surface area contributed by atoms with Gasteiger partial charge in [-0.1, -0.05) is 13.8 Å². The van der Waals surface area contributed by atoms with E-state index in [1.54, 1.807) is 7.69 Å². The predicted molar refractivity (Wildman–Crippen MR) is 47.7 cm³/mol. The molecule has 2 unspecified atom stereocenters. The van der Waals surface area contributed by atoms with Crippen molar-refractivity contribution in [1.29, 1.82) is 0 Å². The van der Waals surface area contributed by atoms with Gasteiger partial charge in [0, 0.05) is 21.1 Å². The minimum Gasteiger partial charge on any atom is -0.405 e. The Labute approximate surface area is 95.3 Å². The molecular formula is C9H16BO2W. The fourth-order valence-corrected chi connectivity index (χ4v) is 2.76. The van der Waals surface area contributed by atoms with Crippen LogP contribution in [0.5, 0.6) is 0 Å². The van der Waals surface area contributed by atoms with Crippen LogP contribution >= 0.6 is 0 Å². The quantitative estimate of drug-likeness (QED) is 0.673. The molecule has 4 heteroatoms. The molecule has 2 nitrogen and oxygen atoms in total. The van der Waals surface area contributed by atoms with Crippen LogP contribution in [0.3, 0.4) is 0 Å². The first kappa shape index (κ1) is 11.7. The maximum Gasteiger partial charge on any atom is 0.489 e. The van der Waals surface area contributed by atoms with Gasteiger partial charge in [-0.25, -0.2) is 0 Å². The van der Waals surface area contributed by atoms with Crippen LogP contribution in [0.25, 0.3) is 0 Å². The normalized spacial score (nSPS) is 42.8. The first-order valence-corrected chi connectivity index (χ1v) is 4.78. The molecule has 0 N–H and O–H groups in total. The third kappa shape index (κ3) is 1.44. The third-order valence-electron chi connectivity index (χ3n) is 3.60. The largest absolute Gasteiger partial charge is 0.489 e. The zero-order valence-corrected chi connectivity index (χ0v) is 11.4. The van der Waals surface area contributed by atoms with Crippen molar-refractivity contribution in [3.8, 4) is 0 Å². The summed E-state index contributed by atoms with van der Waals surface area (Å²) in [6, 6.07) is 0. The summed E-state index contributed by atoms with van der Waals surface area (Å²) in [5.41, 5.74) is -0.0891. The van der Waals surface area contributed by atoms with Gasteiger partial charge in [-0.05, 0) is 32.1 Å². The maximum absolute atomic E-state index is 5.68. The van der Waals surface area contributed by atoms with Crippen molar-refractivity contribution in [2.75, 3.05) is 0 Å². The van der Waals surface area contributed by atoms with Crippen molar-refractivity contribution in [2.45, 2.75) is 51.2 Å². The summed E-state index contributed by atoms with van der Waals surface area (Å²) in [4.78, 5) is 0. The Balaban J connectivity index is 0.000000845. The molecule has 0 spiro atoms. The molecule has 2 atom stereocenters. The second kappa shape index (κ2) is 3.68. The van der Waals surface area contributed by atoms with Gasteiger partial charge in [-0.3, -0.25) is 0 Å². The van der Waals surface area contributed by atoms with E-state index in [2.05, 4.69) is 20.8 Å². The molecule has 13 heavy (non-hydrogen) atoms. The zero-order chi connectivity index (χ0) is 8.82. The summed E-state index contributed by atoms with van der Waals surface area (Å²) in [6.45, 7) is 6.60. The van der Waals surface area contributed by atoms with Crippen LogP contribution in [0, 0.1) is 5.92 Å². The van der Waals surface area contributed by atoms with Crippen LogP contribution in [0.4, 0.5) is 0 Å². The van der Waals surface area contributed by atoms with Gasteiger partial charge in [0.15, 0.2) is 0 Å². The molecule has 1 aliphatic heterocycles. The van der Waals surface area contributed by atoms with Crippen LogP contribution in [-0.2, 0) is 30.4 Å². The molecule has 0 bridgehead atoms. The standard InChI is InChI=1S/C9H16BO2.W/c1-7(2)9-6-4-5-8(9,3)11-10-12-9;/h7H,4-6H2,1-3H3;. The summed E-state index contributed by atoms with van der Waals surface area (Å²) in [7, 11) is 1.54. The summed E-state index contributed by atoms with van der Waals surface area (Å²) in [6.07, 6.45) is 3.49. The van der Waals surface area contributed by atoms with Crippen molar-refractivity contribution >= 4 is 7.69 Å². The van der Waals surface area contributed by atoms with E-state index in [1.165, 1.54) is 6.42 Å². The monoisotopic (exact) mass is 351 g/mol. The average molecular weight is 351 g/mol. The van der Waals surface area contributed by atoms with Gasteiger partial charge >= 0.3 is 7.69 Å². The molecular weight excluding hydrogens is 335 g/mol. The molecule has 1 saturated heterocycles. The molecule has 2 rings (SSSR count). The summed E-state index contributed by atoms with van der Waals surface area (Å²) < 4.78 is 11.3. The van der Waals surface area contributed by atoms with Gasteiger partial charge in [0.25, 0.3) is 0 Å². The second-order valence-electron chi connectivity index (χ2n) is 4.46. The van der Waals surface area contributed by atoms with E-state index in [1.807, 2.05) is 0 Å². The third-order valence-corrected chi connectivity index (χ3v) is 3.60. The Morgan fingerprint density at radius 1 is 1.23 bits per heavy atom. The van der Waals surface area contributed by atoms with Gasteiger partial charge in [-0.15, -0.1) is 0 Å². The number of fused-ring (bicyclic) bond motifs is 1. The SMILES string of the molecule is CC(C)C12CCCC1(C)O[B]O2.[W]. The van der Waals surface area contributed by atoms with Gasteiger partial charge in [-0.2, -0.15) is 0 Å². The first-order chi connectivity index (χ1) is 5.61. The molecule has 0 amide bonds. The van der Waals surface area contributed by atoms with Crippen LogP contribution < -0.4 is 0 Å². The van der Waals surface area contributed by atoms with Gasteiger partial charge in [0.1, 0.15) is 0 Å². The Bertz CT molecular complexity index is 186. The molecule has 2 aliphatic rings. The summed E-state index contributed by atoms with van der Waals surface area (Å²) in [5, 5.41) is 0. The zero-order valence-electron chi connectivity index (χ0n) is 8.50. The minimum absolute atomic E-state index is 0. The van der Waals surface area contributed by atoms with Gasteiger partial charge < -0.3 is 9.31 Å². The second-order valence-corrected chi connectivity index (χ2v) is 4.46. The van der Waals surface area contributed by atoms with Crippen molar-refractivity contribution in [3.63, 3.8) is 0 Å². The van der Waals surface area contributed by atoms with E-state index in [4.69, 9.17) is 9.31 Å². The van der Waals surface area contributed by atoms with Crippen LogP contribution in [0.2, 0.25) is 0 Å². The molecule has 1 radical (unpaired) electrons. The molecule has 1 saturated carbocycles. The van der Waals surface area contributed by atoms with Crippen molar-refractivity contribution < 1.29 is 30.4 Å². The van der Waals surface area contributed by atoms with Crippen molar-refractivity contribution in [1.82, 2.24) is 0 Å². The molecule has 0 aromatic rings. The van der Waals surface area contributed by atoms with Crippen LogP contribution in [-0.4, -0.2) is 18.9 Å². The molecule has 73 valence electrons. The first-order valence-electron chi connectivity index (χ1n) is 4.78. The van der Waals surface area contributed by atoms with Crippen molar-refractivity contribution in [2.24, 2.45) is 5.92 Å². The average Bonchev–Trinajstić information content (AvgIpc) is 2.41. The Morgan fingerprint density at radius 2 is 1.92 bits per heavy atom. The molecule has 0 aromatic carbocycles. The van der Waals surface area contributed by atoms with Crippen LogP contribution in [0.1, 0.15) is 40.0 Å². The summed E-state index contributed by atoms with van der Waals surface area (Å²) in [5.74, 6) is 0.531. The van der Waals surface area contributed by atoms with E-state index < -0.39 is 0 Å². The number of hydrogen-bond acceptors (Lipinski definition) is 2. The maximum atomic E-state index is 5.68. The smallest absolute Gasteiger partial charge is 0.405 e. The predicted octanol–water partition coefficient (Wildman–Crippen LogP) is 1.90. The molecule has 1 aliphatic carbocycles. The number of rotatable bonds is 1. The minimum atomic E-state index is -0.0544. The van der Waals surface area contributed by atoms with Gasteiger partial charge in [0.05, 0.1) is 11.2 Å². The fourth-order valence-electron chi connectivity index (χ4n) is 2.76. The fraction of sp³-hybridized carbons (Fsp3) is 1.00. The molecule has 1 heterocycles. The van der Waals surface area contributed by atoms with Crippen LogP contribution in [0.15, 0.2) is 0 Å². The van der Waals surface area contributed by atoms with E-state index >= 15 is 0 Å². The summed E-state index contributed by atoms with van der Waals surface area (Å²) >= 11 is 0. The van der Waals surface area contributed by atoms with E-state index in [-0.39, 0.29) is 32.3 Å². The number of hydrogen-bond donors (Lipinski definition) is 0. The van der Waals surface area contributed by atoms with Crippen molar-refractivity contribution in [3.05, 3.63) is 0 Å². The molecule has 2 fully saturated rings. The Morgan fingerprint density at radius 3 is 2.46 bits per heavy atom. The molecule has 0 aromatic heterocycles. The van der Waals surface area contributed by atoms with Gasteiger partial charge in [0.2, 0.25) is 0 Å². The van der Waals surface area contributed by atoms with E-state index in [0.29, 0.717) is 5.92 Å². The topological polar surface area (TPSA) is 18.5 Å². The Kier molecular flexibility index (Phi) is 3.32.